The number of alkyl halides is 3. The largest absolute Gasteiger partial charge is 0.617 e. The Balaban J connectivity index is 2.46. The van der Waals surface area contributed by atoms with Crippen molar-refractivity contribution in [1.82, 2.24) is 0 Å². The second-order valence-corrected chi connectivity index (χ2v) is 4.46. The van der Waals surface area contributed by atoms with Crippen LogP contribution >= 0.6 is 0 Å². The Kier molecular flexibility index (Phi) is 2.59. The van der Waals surface area contributed by atoms with Crippen molar-refractivity contribution in [3.63, 3.8) is 0 Å². The van der Waals surface area contributed by atoms with Crippen LogP contribution in [-0.4, -0.2) is 5.11 Å². The molecule has 108 valence electrons. The van der Waals surface area contributed by atoms with E-state index in [1.807, 2.05) is 0 Å². The smallest absolute Gasteiger partial charge is 0.416 e. The zero-order chi connectivity index (χ0) is 15.4. The molecule has 8 heteroatoms. The summed E-state index contributed by atoms with van der Waals surface area (Å²) in [6.45, 7) is 0. The molecule has 0 radical (unpaired) electrons. The maximum atomic E-state index is 12.7. The number of aromatic hydroxyl groups is 1. The third-order valence-electron chi connectivity index (χ3n) is 3.14. The first-order valence-electron chi connectivity index (χ1n) is 5.78. The fraction of sp³-hybridized carbons (Fsp3) is 0.0769. The lowest BCUT2D eigenvalue weighted by molar-refractivity contribution is -0.591. The first-order valence-corrected chi connectivity index (χ1v) is 5.78. The SMILES string of the molecule is [O-][n+]1c2ccc(C(F)(F)F)cc2[n+]([O-])c2ccc(O)cc21. The summed E-state index contributed by atoms with van der Waals surface area (Å²) in [5.74, 6) is -0.224. The maximum Gasteiger partial charge on any atom is 0.416 e. The normalized spacial score (nSPS) is 12.1. The number of benzene rings is 2. The Morgan fingerprint density at radius 2 is 1.33 bits per heavy atom. The number of hydrogen-bond donors (Lipinski definition) is 1. The van der Waals surface area contributed by atoms with Crippen LogP contribution in [-0.2, 0) is 6.18 Å². The molecule has 0 unspecified atom stereocenters. The number of hydrogen-bond acceptors (Lipinski definition) is 3. The zero-order valence-corrected chi connectivity index (χ0v) is 10.3. The third-order valence-corrected chi connectivity index (χ3v) is 3.14. The average molecular weight is 296 g/mol. The van der Waals surface area contributed by atoms with Crippen LogP contribution in [0, 0.1) is 10.4 Å². The molecule has 0 fully saturated rings. The average Bonchev–Trinajstić information content (AvgIpc) is 2.43. The molecule has 0 aliphatic carbocycles. The van der Waals surface area contributed by atoms with Crippen LogP contribution in [0.25, 0.3) is 22.1 Å². The van der Waals surface area contributed by atoms with Crippen LogP contribution in [0.1, 0.15) is 5.56 Å². The Morgan fingerprint density at radius 1 is 0.810 bits per heavy atom. The highest BCUT2D eigenvalue weighted by Gasteiger charge is 2.33. The van der Waals surface area contributed by atoms with Gasteiger partial charge in [0.1, 0.15) is 5.75 Å². The van der Waals surface area contributed by atoms with E-state index in [4.69, 9.17) is 0 Å². The molecule has 0 saturated carbocycles. The van der Waals surface area contributed by atoms with Crippen LogP contribution in [0.2, 0.25) is 0 Å². The molecular formula is C13H7F3N2O3. The van der Waals surface area contributed by atoms with E-state index in [0.717, 1.165) is 18.2 Å². The molecule has 0 aliphatic heterocycles. The lowest BCUT2D eigenvalue weighted by Gasteiger charge is -2.10. The molecule has 0 amide bonds. The number of phenolic OH excluding ortho intramolecular Hbond substituents is 1. The number of halogens is 3. The zero-order valence-electron chi connectivity index (χ0n) is 10.3. The van der Waals surface area contributed by atoms with Gasteiger partial charge in [-0.25, -0.2) is 0 Å². The molecule has 2 aromatic carbocycles. The molecule has 0 bridgehead atoms. The predicted octanol–water partition coefficient (Wildman–Crippen LogP) is 1.98. The van der Waals surface area contributed by atoms with Crippen LogP contribution in [0.3, 0.4) is 0 Å². The summed E-state index contributed by atoms with van der Waals surface area (Å²) in [7, 11) is 0. The van der Waals surface area contributed by atoms with E-state index in [0.29, 0.717) is 10.8 Å². The minimum Gasteiger partial charge on any atom is -0.617 e. The number of fused-ring (bicyclic) bond motifs is 2. The number of rotatable bonds is 0. The van der Waals surface area contributed by atoms with Gasteiger partial charge in [-0.3, -0.25) is 0 Å². The van der Waals surface area contributed by atoms with Gasteiger partial charge in [-0.15, -0.1) is 0 Å². The molecule has 0 saturated heterocycles. The fourth-order valence-electron chi connectivity index (χ4n) is 2.14. The van der Waals surface area contributed by atoms with E-state index in [-0.39, 0.29) is 27.0 Å². The van der Waals surface area contributed by atoms with Crippen molar-refractivity contribution in [2.24, 2.45) is 0 Å². The molecule has 0 aliphatic rings. The Bertz CT molecular complexity index is 878. The molecule has 3 rings (SSSR count). The summed E-state index contributed by atoms with van der Waals surface area (Å²) >= 11 is 0. The Morgan fingerprint density at radius 3 is 1.90 bits per heavy atom. The molecule has 0 atom stereocenters. The van der Waals surface area contributed by atoms with E-state index in [1.54, 1.807) is 0 Å². The van der Waals surface area contributed by atoms with Crippen LogP contribution in [0.4, 0.5) is 13.2 Å². The topological polar surface area (TPSA) is 74.1 Å². The van der Waals surface area contributed by atoms with Crippen molar-refractivity contribution in [3.05, 3.63) is 52.4 Å². The van der Waals surface area contributed by atoms with E-state index in [9.17, 15) is 28.7 Å². The highest BCUT2D eigenvalue weighted by atomic mass is 19.4. The van der Waals surface area contributed by atoms with Gasteiger partial charge in [0.15, 0.2) is 0 Å². The van der Waals surface area contributed by atoms with Crippen molar-refractivity contribution in [2.45, 2.75) is 6.18 Å². The van der Waals surface area contributed by atoms with Crippen molar-refractivity contribution >= 4 is 22.1 Å². The molecule has 1 N–H and O–H groups in total. The lowest BCUT2D eigenvalue weighted by Crippen LogP contribution is -2.39. The van der Waals surface area contributed by atoms with Gasteiger partial charge in [-0.2, -0.15) is 22.6 Å². The summed E-state index contributed by atoms with van der Waals surface area (Å²) in [5.41, 5.74) is -1.88. The van der Waals surface area contributed by atoms with E-state index < -0.39 is 17.3 Å². The van der Waals surface area contributed by atoms with E-state index >= 15 is 0 Å². The van der Waals surface area contributed by atoms with Gasteiger partial charge >= 0.3 is 6.18 Å². The van der Waals surface area contributed by atoms with Gasteiger partial charge in [0.25, 0.3) is 22.1 Å². The fourth-order valence-corrected chi connectivity index (χ4v) is 2.14. The summed E-state index contributed by atoms with van der Waals surface area (Å²) in [6.07, 6.45) is -4.61. The highest BCUT2D eigenvalue weighted by Crippen LogP contribution is 2.30. The molecule has 3 aromatic rings. The van der Waals surface area contributed by atoms with Gasteiger partial charge in [0.2, 0.25) is 0 Å². The van der Waals surface area contributed by atoms with Crippen molar-refractivity contribution in [3.8, 4) is 5.75 Å². The molecule has 1 heterocycles. The first-order chi connectivity index (χ1) is 9.79. The standard InChI is InChI=1S/C13H7F3N2O3/c14-13(15,16)7-1-3-9-11(5-7)17(20)10-4-2-8(19)6-12(10)18(9)21/h1-6,19H. The minimum atomic E-state index is -4.61. The van der Waals surface area contributed by atoms with Crippen molar-refractivity contribution in [1.29, 1.82) is 0 Å². The van der Waals surface area contributed by atoms with Gasteiger partial charge in [-0.1, -0.05) is 0 Å². The van der Waals surface area contributed by atoms with Crippen LogP contribution in [0.5, 0.6) is 5.75 Å². The third kappa shape index (κ3) is 1.95. The molecule has 0 spiro atoms. The molecular weight excluding hydrogens is 289 g/mol. The summed E-state index contributed by atoms with van der Waals surface area (Å²) in [6, 6.07) is 5.72. The van der Waals surface area contributed by atoms with Gasteiger partial charge in [-0.05, 0) is 12.1 Å². The highest BCUT2D eigenvalue weighted by molar-refractivity contribution is 5.78. The second-order valence-electron chi connectivity index (χ2n) is 4.46. The van der Waals surface area contributed by atoms with E-state index in [2.05, 4.69) is 0 Å². The monoisotopic (exact) mass is 296 g/mol. The van der Waals surface area contributed by atoms with Crippen molar-refractivity contribution in [2.75, 3.05) is 0 Å². The summed E-state index contributed by atoms with van der Waals surface area (Å²) < 4.78 is 38.6. The van der Waals surface area contributed by atoms with E-state index in [1.165, 1.54) is 12.1 Å². The first kappa shape index (κ1) is 13.2. The van der Waals surface area contributed by atoms with Crippen molar-refractivity contribution < 1.29 is 27.7 Å². The van der Waals surface area contributed by atoms with Crippen LogP contribution in [0.15, 0.2) is 36.4 Å². The lowest BCUT2D eigenvalue weighted by atomic mass is 10.1. The van der Waals surface area contributed by atoms with Gasteiger partial charge in [0.05, 0.1) is 11.6 Å². The predicted molar refractivity (Wildman–Crippen MR) is 66.0 cm³/mol. The van der Waals surface area contributed by atoms with Gasteiger partial charge in [0, 0.05) is 18.2 Å². The number of phenols is 1. The maximum absolute atomic E-state index is 12.7. The quantitative estimate of drug-likeness (QED) is 0.391. The van der Waals surface area contributed by atoms with Crippen LogP contribution < -0.4 is 9.46 Å². The molecule has 1 aromatic heterocycles. The second kappa shape index (κ2) is 4.11. The molecule has 5 nitrogen and oxygen atoms in total. The number of nitrogens with zero attached hydrogens (tertiary/aromatic N) is 2. The van der Waals surface area contributed by atoms with Gasteiger partial charge < -0.3 is 15.5 Å². The minimum absolute atomic E-state index is 0.128. The molecule has 21 heavy (non-hydrogen) atoms. The number of aromatic nitrogens is 2. The Hall–Kier alpha value is -2.77. The summed E-state index contributed by atoms with van der Waals surface area (Å²) in [5, 5.41) is 33.6. The summed E-state index contributed by atoms with van der Waals surface area (Å²) in [4.78, 5) is 0. The Labute approximate surface area is 115 Å².